The highest BCUT2D eigenvalue weighted by molar-refractivity contribution is 7.90. The number of sulfonamides is 1. The minimum Gasteiger partial charge on any atom is -0.481 e. The predicted octanol–water partition coefficient (Wildman–Crippen LogP) is 0.900. The molecular formula is C18H23N5O7S. The Morgan fingerprint density at radius 3 is 2.23 bits per heavy atom. The Balaban J connectivity index is 2.32. The van der Waals surface area contributed by atoms with Crippen molar-refractivity contribution in [3.63, 3.8) is 0 Å². The van der Waals surface area contributed by atoms with Gasteiger partial charge in [-0.3, -0.25) is 5.32 Å². The Labute approximate surface area is 179 Å². The van der Waals surface area contributed by atoms with Crippen molar-refractivity contribution in [3.05, 3.63) is 35.4 Å². The largest absolute Gasteiger partial charge is 0.481 e. The summed E-state index contributed by atoms with van der Waals surface area (Å²) in [5, 5.41) is 5.24. The van der Waals surface area contributed by atoms with E-state index in [2.05, 4.69) is 25.3 Å². The van der Waals surface area contributed by atoms with Crippen LogP contribution in [0, 0.1) is 0 Å². The molecule has 1 aromatic heterocycles. The summed E-state index contributed by atoms with van der Waals surface area (Å²) >= 11 is 0. The lowest BCUT2D eigenvalue weighted by atomic mass is 10.1. The van der Waals surface area contributed by atoms with Gasteiger partial charge in [-0.1, -0.05) is 13.0 Å². The number of amides is 2. The van der Waals surface area contributed by atoms with E-state index in [-0.39, 0.29) is 23.3 Å². The Morgan fingerprint density at radius 1 is 1.03 bits per heavy atom. The molecule has 31 heavy (non-hydrogen) atoms. The third-order valence-corrected chi connectivity index (χ3v) is 5.24. The van der Waals surface area contributed by atoms with Crippen molar-refractivity contribution < 1.29 is 32.2 Å². The number of methoxy groups -OCH3 is 3. The topological polar surface area (TPSA) is 158 Å². The van der Waals surface area contributed by atoms with Gasteiger partial charge in [-0.05, 0) is 24.2 Å². The summed E-state index contributed by atoms with van der Waals surface area (Å²) in [4.78, 5) is 31.7. The highest BCUT2D eigenvalue weighted by atomic mass is 32.2. The van der Waals surface area contributed by atoms with Gasteiger partial charge in [-0.15, -0.1) is 0 Å². The monoisotopic (exact) mass is 453 g/mol. The maximum Gasteiger partial charge on any atom is 0.339 e. The van der Waals surface area contributed by atoms with Gasteiger partial charge in [0.15, 0.2) is 0 Å². The van der Waals surface area contributed by atoms with Crippen molar-refractivity contribution in [2.45, 2.75) is 18.4 Å². The molecule has 0 atom stereocenters. The molecule has 0 bridgehead atoms. The summed E-state index contributed by atoms with van der Waals surface area (Å²) in [6.07, 6.45) is 0. The molecular weight excluding hydrogens is 430 g/mol. The molecule has 0 aliphatic rings. The SMILES string of the molecule is CCNCc1ccc(C(=O)OC)c(S(=O)(=O)NC(=O)Nc2nc(OC)cc(OC)n2)c1. The number of carbonyl (C=O) groups is 2. The molecule has 2 amide bonds. The molecule has 0 saturated carbocycles. The number of rotatable bonds is 9. The number of nitrogens with one attached hydrogen (secondary N) is 3. The van der Waals surface area contributed by atoms with Crippen molar-refractivity contribution in [2.24, 2.45) is 0 Å². The zero-order chi connectivity index (χ0) is 23.0. The number of nitrogens with zero attached hydrogens (tertiary/aromatic N) is 2. The van der Waals surface area contributed by atoms with Crippen LogP contribution < -0.4 is 24.8 Å². The Kier molecular flexibility index (Phi) is 8.10. The van der Waals surface area contributed by atoms with Crippen LogP contribution in [0.4, 0.5) is 10.7 Å². The molecule has 0 fully saturated rings. The van der Waals surface area contributed by atoms with E-state index in [0.29, 0.717) is 18.7 Å². The molecule has 13 heteroatoms. The summed E-state index contributed by atoms with van der Waals surface area (Å²) in [6.45, 7) is 2.91. The zero-order valence-corrected chi connectivity index (χ0v) is 18.2. The number of carbonyl (C=O) groups excluding carboxylic acids is 2. The molecule has 0 spiro atoms. The second-order valence-electron chi connectivity index (χ2n) is 5.94. The molecule has 2 rings (SSSR count). The molecule has 0 aliphatic carbocycles. The predicted molar refractivity (Wildman–Crippen MR) is 110 cm³/mol. The number of anilines is 1. The molecule has 0 aliphatic heterocycles. The van der Waals surface area contributed by atoms with Gasteiger partial charge < -0.3 is 19.5 Å². The fourth-order valence-electron chi connectivity index (χ4n) is 2.42. The number of benzene rings is 1. The van der Waals surface area contributed by atoms with Gasteiger partial charge in [0.25, 0.3) is 10.0 Å². The van der Waals surface area contributed by atoms with E-state index in [1.54, 1.807) is 6.07 Å². The summed E-state index contributed by atoms with van der Waals surface area (Å²) in [7, 11) is -0.625. The van der Waals surface area contributed by atoms with Crippen molar-refractivity contribution in [1.82, 2.24) is 20.0 Å². The van der Waals surface area contributed by atoms with E-state index in [9.17, 15) is 18.0 Å². The minimum absolute atomic E-state index is 0.0918. The molecule has 3 N–H and O–H groups in total. The van der Waals surface area contributed by atoms with E-state index >= 15 is 0 Å². The fourth-order valence-corrected chi connectivity index (χ4v) is 3.57. The number of esters is 1. The number of aromatic nitrogens is 2. The van der Waals surface area contributed by atoms with Gasteiger partial charge in [-0.2, -0.15) is 9.97 Å². The summed E-state index contributed by atoms with van der Waals surface area (Å²) < 4.78 is 42.1. The van der Waals surface area contributed by atoms with E-state index in [1.165, 1.54) is 32.4 Å². The van der Waals surface area contributed by atoms with Crippen LogP contribution >= 0.6 is 0 Å². The van der Waals surface area contributed by atoms with Crippen LogP contribution in [0.1, 0.15) is 22.8 Å². The second-order valence-corrected chi connectivity index (χ2v) is 7.59. The standard InChI is InChI=1S/C18H23N5O7S/c1-5-19-10-11-6-7-12(16(24)30-4)13(8-11)31(26,27)23-18(25)22-17-20-14(28-2)9-15(21-17)29-3/h6-9,19H,5,10H2,1-4H3,(H2,20,21,22,23,25). The van der Waals surface area contributed by atoms with Crippen LogP contribution in [0.2, 0.25) is 0 Å². The first-order chi connectivity index (χ1) is 14.7. The highest BCUT2D eigenvalue weighted by Gasteiger charge is 2.26. The molecule has 1 aromatic carbocycles. The maximum absolute atomic E-state index is 12.9. The van der Waals surface area contributed by atoms with Gasteiger partial charge in [0.1, 0.15) is 4.90 Å². The zero-order valence-electron chi connectivity index (χ0n) is 17.4. The van der Waals surface area contributed by atoms with E-state index in [0.717, 1.165) is 7.11 Å². The van der Waals surface area contributed by atoms with Gasteiger partial charge in [0.05, 0.1) is 33.0 Å². The average Bonchev–Trinajstić information content (AvgIpc) is 2.76. The van der Waals surface area contributed by atoms with Gasteiger partial charge in [-0.25, -0.2) is 22.7 Å². The molecule has 2 aromatic rings. The highest BCUT2D eigenvalue weighted by Crippen LogP contribution is 2.20. The molecule has 168 valence electrons. The first kappa shape index (κ1) is 23.8. The van der Waals surface area contributed by atoms with Crippen molar-refractivity contribution in [1.29, 1.82) is 0 Å². The third-order valence-electron chi connectivity index (χ3n) is 3.87. The minimum atomic E-state index is -4.45. The van der Waals surface area contributed by atoms with Gasteiger partial charge in [0.2, 0.25) is 17.7 Å². The second kappa shape index (κ2) is 10.5. The summed E-state index contributed by atoms with van der Waals surface area (Å²) in [6, 6.07) is 4.42. The quantitative estimate of drug-likeness (QED) is 0.466. The Hall–Kier alpha value is -3.45. The third kappa shape index (κ3) is 6.26. The van der Waals surface area contributed by atoms with E-state index in [4.69, 9.17) is 9.47 Å². The number of urea groups is 1. The number of hydrogen-bond donors (Lipinski definition) is 3. The molecule has 0 radical (unpaired) electrons. The van der Waals surface area contributed by atoms with Crippen molar-refractivity contribution in [3.8, 4) is 11.8 Å². The van der Waals surface area contributed by atoms with Crippen LogP contribution in [0.5, 0.6) is 11.8 Å². The number of hydrogen-bond acceptors (Lipinski definition) is 10. The first-order valence-corrected chi connectivity index (χ1v) is 10.4. The Morgan fingerprint density at radius 2 is 1.68 bits per heavy atom. The van der Waals surface area contributed by atoms with Gasteiger partial charge in [0, 0.05) is 6.54 Å². The molecule has 1 heterocycles. The van der Waals surface area contributed by atoms with Crippen LogP contribution in [0.15, 0.2) is 29.2 Å². The van der Waals surface area contributed by atoms with Crippen LogP contribution in [0.3, 0.4) is 0 Å². The average molecular weight is 453 g/mol. The number of ether oxygens (including phenoxy) is 3. The first-order valence-electron chi connectivity index (χ1n) is 8.96. The molecule has 0 unspecified atom stereocenters. The van der Waals surface area contributed by atoms with Crippen molar-refractivity contribution in [2.75, 3.05) is 33.2 Å². The lowest BCUT2D eigenvalue weighted by molar-refractivity contribution is 0.0596. The van der Waals surface area contributed by atoms with Crippen LogP contribution in [0.25, 0.3) is 0 Å². The maximum atomic E-state index is 12.9. The lowest BCUT2D eigenvalue weighted by Gasteiger charge is -2.13. The van der Waals surface area contributed by atoms with E-state index < -0.39 is 26.9 Å². The summed E-state index contributed by atoms with van der Waals surface area (Å²) in [5.41, 5.74) is 0.374. The van der Waals surface area contributed by atoms with Crippen molar-refractivity contribution >= 4 is 28.0 Å². The lowest BCUT2D eigenvalue weighted by Crippen LogP contribution is -2.35. The van der Waals surface area contributed by atoms with E-state index in [1.807, 2.05) is 11.6 Å². The Bertz CT molecular complexity index is 1040. The van der Waals surface area contributed by atoms with Crippen LogP contribution in [-0.4, -0.2) is 58.3 Å². The summed E-state index contributed by atoms with van der Waals surface area (Å²) in [5.74, 6) is -0.933. The van der Waals surface area contributed by atoms with Crippen LogP contribution in [-0.2, 0) is 21.3 Å². The molecule has 0 saturated heterocycles. The van der Waals surface area contributed by atoms with Gasteiger partial charge >= 0.3 is 12.0 Å². The smallest absolute Gasteiger partial charge is 0.339 e. The fraction of sp³-hybridized carbons (Fsp3) is 0.333. The normalized spacial score (nSPS) is 10.8. The molecule has 12 nitrogen and oxygen atoms in total.